The Hall–Kier alpha value is -1.58. The summed E-state index contributed by atoms with van der Waals surface area (Å²) in [6.07, 6.45) is 3.16. The lowest BCUT2D eigenvalue weighted by molar-refractivity contribution is 0.0686. The summed E-state index contributed by atoms with van der Waals surface area (Å²) in [5.41, 5.74) is 0.642. The maximum Gasteiger partial charge on any atom is 0.352 e. The molecule has 0 aliphatic carbocycles. The third-order valence-corrected chi connectivity index (χ3v) is 2.86. The van der Waals surface area contributed by atoms with Crippen LogP contribution in [0.25, 0.3) is 0 Å². The topological polar surface area (TPSA) is 59.3 Å². The second-order valence-electron chi connectivity index (χ2n) is 3.91. The fourth-order valence-corrected chi connectivity index (χ4v) is 1.81. The number of hydrogen-bond acceptors (Lipinski definition) is 2. The van der Waals surface area contributed by atoms with Crippen molar-refractivity contribution in [3.8, 4) is 0 Å². The number of carboxylic acids is 1. The molecule has 0 amide bonds. The number of aromatic nitrogens is 1. The Labute approximate surface area is 94.9 Å². The third kappa shape index (κ3) is 2.32. The monoisotopic (exact) mass is 223 g/mol. The van der Waals surface area contributed by atoms with E-state index in [1.807, 2.05) is 13.8 Å². The molecule has 0 atom stereocenters. The van der Waals surface area contributed by atoms with E-state index >= 15 is 0 Å². The summed E-state index contributed by atoms with van der Waals surface area (Å²) in [6, 6.07) is 1.45. The number of aromatic carboxylic acids is 1. The molecule has 1 aromatic rings. The van der Waals surface area contributed by atoms with Crippen LogP contribution in [0.15, 0.2) is 12.3 Å². The van der Waals surface area contributed by atoms with Crippen LogP contribution in [0.4, 0.5) is 0 Å². The molecule has 0 saturated heterocycles. The summed E-state index contributed by atoms with van der Waals surface area (Å²) in [4.78, 5) is 22.8. The maximum absolute atomic E-state index is 12.0. The van der Waals surface area contributed by atoms with Crippen LogP contribution in [0.5, 0.6) is 0 Å². The molecule has 1 heterocycles. The minimum atomic E-state index is -1.01. The van der Waals surface area contributed by atoms with Gasteiger partial charge in [0.05, 0.1) is 0 Å². The number of aryl methyl sites for hydroxylation is 1. The molecule has 16 heavy (non-hydrogen) atoms. The Morgan fingerprint density at radius 2 is 1.94 bits per heavy atom. The second kappa shape index (κ2) is 4.96. The summed E-state index contributed by atoms with van der Waals surface area (Å²) in [7, 11) is 1.63. The number of hydrogen-bond donors (Lipinski definition) is 1. The first kappa shape index (κ1) is 12.5. The van der Waals surface area contributed by atoms with E-state index in [0.29, 0.717) is 5.56 Å². The zero-order valence-electron chi connectivity index (χ0n) is 9.86. The second-order valence-corrected chi connectivity index (χ2v) is 3.91. The molecule has 88 valence electrons. The third-order valence-electron chi connectivity index (χ3n) is 2.86. The van der Waals surface area contributed by atoms with Crippen molar-refractivity contribution in [1.29, 1.82) is 0 Å². The molecule has 0 unspecified atom stereocenters. The SMILES string of the molecule is CCC(CC)C(=O)c1cc(C(=O)O)n(C)c1. The molecule has 1 rings (SSSR count). The van der Waals surface area contributed by atoms with Gasteiger partial charge in [-0.3, -0.25) is 4.79 Å². The van der Waals surface area contributed by atoms with Crippen LogP contribution in [0.1, 0.15) is 47.5 Å². The fraction of sp³-hybridized carbons (Fsp3) is 0.500. The Balaban J connectivity index is 3.01. The van der Waals surface area contributed by atoms with E-state index in [9.17, 15) is 9.59 Å². The van der Waals surface area contributed by atoms with Gasteiger partial charge in [-0.15, -0.1) is 0 Å². The van der Waals surface area contributed by atoms with Crippen molar-refractivity contribution in [2.45, 2.75) is 26.7 Å². The Bertz CT molecular complexity index is 402. The van der Waals surface area contributed by atoms with Gasteiger partial charge in [0.25, 0.3) is 0 Å². The summed E-state index contributed by atoms with van der Waals surface area (Å²) < 4.78 is 1.47. The Morgan fingerprint density at radius 3 is 2.31 bits per heavy atom. The average molecular weight is 223 g/mol. The van der Waals surface area contributed by atoms with Crippen LogP contribution in [-0.4, -0.2) is 21.4 Å². The molecule has 1 N–H and O–H groups in total. The van der Waals surface area contributed by atoms with Crippen LogP contribution >= 0.6 is 0 Å². The molecule has 0 bridgehead atoms. The minimum Gasteiger partial charge on any atom is -0.477 e. The highest BCUT2D eigenvalue weighted by atomic mass is 16.4. The Kier molecular flexibility index (Phi) is 3.88. The highest BCUT2D eigenvalue weighted by molar-refractivity contribution is 6.00. The van der Waals surface area contributed by atoms with Gasteiger partial charge in [-0.1, -0.05) is 13.8 Å². The molecular weight excluding hydrogens is 206 g/mol. The highest BCUT2D eigenvalue weighted by Crippen LogP contribution is 2.17. The van der Waals surface area contributed by atoms with Crippen molar-refractivity contribution in [2.24, 2.45) is 13.0 Å². The van der Waals surface area contributed by atoms with E-state index in [2.05, 4.69) is 0 Å². The predicted molar refractivity (Wildman–Crippen MR) is 60.8 cm³/mol. The van der Waals surface area contributed by atoms with Gasteiger partial charge in [-0.2, -0.15) is 0 Å². The number of carboxylic acid groups (broad SMARTS) is 1. The van der Waals surface area contributed by atoms with Crippen molar-refractivity contribution in [1.82, 2.24) is 4.57 Å². The zero-order valence-corrected chi connectivity index (χ0v) is 9.86. The van der Waals surface area contributed by atoms with Gasteiger partial charge < -0.3 is 9.67 Å². The van der Waals surface area contributed by atoms with Crippen LogP contribution < -0.4 is 0 Å². The molecule has 0 aromatic carbocycles. The number of ketones is 1. The van der Waals surface area contributed by atoms with Crippen molar-refractivity contribution < 1.29 is 14.7 Å². The molecular formula is C12H17NO3. The van der Waals surface area contributed by atoms with Crippen molar-refractivity contribution in [2.75, 3.05) is 0 Å². The van der Waals surface area contributed by atoms with Gasteiger partial charge in [0.15, 0.2) is 5.78 Å². The van der Waals surface area contributed by atoms with E-state index in [1.54, 1.807) is 13.2 Å². The van der Waals surface area contributed by atoms with Gasteiger partial charge >= 0.3 is 5.97 Å². The van der Waals surface area contributed by atoms with E-state index in [0.717, 1.165) is 12.8 Å². The molecule has 4 heteroatoms. The standard InChI is InChI=1S/C12H17NO3/c1-4-8(5-2)11(14)9-6-10(12(15)16)13(3)7-9/h6-8H,4-5H2,1-3H3,(H,15,16). The smallest absolute Gasteiger partial charge is 0.352 e. The average Bonchev–Trinajstić information content (AvgIpc) is 2.62. The van der Waals surface area contributed by atoms with Gasteiger partial charge in [0.2, 0.25) is 0 Å². The number of nitrogens with zero attached hydrogens (tertiary/aromatic N) is 1. The van der Waals surface area contributed by atoms with E-state index in [4.69, 9.17) is 5.11 Å². The van der Waals surface area contributed by atoms with Gasteiger partial charge in [-0.05, 0) is 18.9 Å². The molecule has 0 aliphatic heterocycles. The summed E-state index contributed by atoms with van der Waals surface area (Å²) >= 11 is 0. The molecule has 0 fully saturated rings. The van der Waals surface area contributed by atoms with E-state index in [1.165, 1.54) is 10.6 Å². The minimum absolute atomic E-state index is 0.0101. The first-order chi connectivity index (χ1) is 7.51. The molecule has 4 nitrogen and oxygen atoms in total. The summed E-state index contributed by atoms with van der Waals surface area (Å²) in [6.45, 7) is 3.93. The lowest BCUT2D eigenvalue weighted by atomic mass is 9.94. The largest absolute Gasteiger partial charge is 0.477 e. The molecule has 0 saturated carbocycles. The summed E-state index contributed by atoms with van der Waals surface area (Å²) in [5, 5.41) is 8.88. The van der Waals surface area contributed by atoms with E-state index < -0.39 is 5.97 Å². The Morgan fingerprint density at radius 1 is 1.38 bits per heavy atom. The molecule has 0 radical (unpaired) electrons. The van der Waals surface area contributed by atoms with Crippen LogP contribution in [-0.2, 0) is 7.05 Å². The number of rotatable bonds is 5. The lowest BCUT2D eigenvalue weighted by Gasteiger charge is -2.08. The number of carbonyl (C=O) groups excluding carboxylic acids is 1. The normalized spacial score (nSPS) is 10.8. The number of Topliss-reactive ketones (excluding diaryl/α,β-unsaturated/α-hetero) is 1. The van der Waals surface area contributed by atoms with Crippen LogP contribution in [0, 0.1) is 5.92 Å². The predicted octanol–water partition coefficient (Wildman–Crippen LogP) is 2.34. The lowest BCUT2D eigenvalue weighted by Crippen LogP contribution is -2.12. The van der Waals surface area contributed by atoms with Crippen LogP contribution in [0.3, 0.4) is 0 Å². The van der Waals surface area contributed by atoms with Gasteiger partial charge in [-0.25, -0.2) is 4.79 Å². The maximum atomic E-state index is 12.0. The quantitative estimate of drug-likeness (QED) is 0.779. The fourth-order valence-electron chi connectivity index (χ4n) is 1.81. The van der Waals surface area contributed by atoms with Crippen molar-refractivity contribution in [3.05, 3.63) is 23.5 Å². The number of carbonyl (C=O) groups is 2. The van der Waals surface area contributed by atoms with E-state index in [-0.39, 0.29) is 17.4 Å². The first-order valence-corrected chi connectivity index (χ1v) is 5.45. The zero-order chi connectivity index (χ0) is 12.3. The van der Waals surface area contributed by atoms with Crippen molar-refractivity contribution >= 4 is 11.8 Å². The summed E-state index contributed by atoms with van der Waals surface area (Å²) in [5.74, 6) is -0.983. The van der Waals surface area contributed by atoms with Gasteiger partial charge in [0, 0.05) is 24.7 Å². The molecule has 1 aromatic heterocycles. The van der Waals surface area contributed by atoms with Gasteiger partial charge in [0.1, 0.15) is 5.69 Å². The van der Waals surface area contributed by atoms with Crippen molar-refractivity contribution in [3.63, 3.8) is 0 Å². The first-order valence-electron chi connectivity index (χ1n) is 5.45. The highest BCUT2D eigenvalue weighted by Gasteiger charge is 2.20. The molecule has 0 spiro atoms. The van der Waals surface area contributed by atoms with Crippen LogP contribution in [0.2, 0.25) is 0 Å². The molecule has 0 aliphatic rings.